The lowest BCUT2D eigenvalue weighted by Gasteiger charge is -2.31. The average molecular weight is 258 g/mol. The Hall–Kier alpha value is -1.55. The van der Waals surface area contributed by atoms with Crippen molar-refractivity contribution >= 4 is 16.7 Å². The third kappa shape index (κ3) is 2.59. The highest BCUT2D eigenvalue weighted by Gasteiger charge is 2.18. The molecule has 0 atom stereocenters. The monoisotopic (exact) mass is 258 g/mol. The molecule has 0 bridgehead atoms. The molecule has 2 aromatic rings. The number of piperidine rings is 1. The van der Waals surface area contributed by atoms with Gasteiger partial charge >= 0.3 is 0 Å². The van der Waals surface area contributed by atoms with Crippen LogP contribution >= 0.6 is 0 Å². The van der Waals surface area contributed by atoms with Crippen molar-refractivity contribution in [1.29, 1.82) is 0 Å². The van der Waals surface area contributed by atoms with Crippen LogP contribution in [0.25, 0.3) is 11.0 Å². The highest BCUT2D eigenvalue weighted by Crippen LogP contribution is 2.22. The van der Waals surface area contributed by atoms with Crippen molar-refractivity contribution in [3.63, 3.8) is 0 Å². The van der Waals surface area contributed by atoms with Crippen LogP contribution in [0.3, 0.4) is 0 Å². The van der Waals surface area contributed by atoms with Crippen molar-refractivity contribution < 1.29 is 0 Å². The van der Waals surface area contributed by atoms with Crippen molar-refractivity contribution in [3.05, 3.63) is 24.5 Å². The van der Waals surface area contributed by atoms with Gasteiger partial charge in [0.1, 0.15) is 0 Å². The van der Waals surface area contributed by atoms with E-state index < -0.39 is 0 Å². The largest absolute Gasteiger partial charge is 0.399 e. The lowest BCUT2D eigenvalue weighted by atomic mass is 9.97. The van der Waals surface area contributed by atoms with E-state index in [2.05, 4.69) is 27.4 Å². The minimum Gasteiger partial charge on any atom is -0.399 e. The molecule has 2 N–H and O–H groups in total. The van der Waals surface area contributed by atoms with Gasteiger partial charge < -0.3 is 15.2 Å². The van der Waals surface area contributed by atoms with Crippen LogP contribution in [-0.2, 0) is 6.54 Å². The summed E-state index contributed by atoms with van der Waals surface area (Å²) in [6, 6.07) is 5.99. The van der Waals surface area contributed by atoms with Crippen molar-refractivity contribution in [1.82, 2.24) is 14.5 Å². The van der Waals surface area contributed by atoms with Crippen LogP contribution < -0.4 is 5.73 Å². The highest BCUT2D eigenvalue weighted by molar-refractivity contribution is 5.78. The van der Waals surface area contributed by atoms with Gasteiger partial charge in [0.05, 0.1) is 17.4 Å². The van der Waals surface area contributed by atoms with Crippen LogP contribution in [0.15, 0.2) is 24.5 Å². The molecule has 0 radical (unpaired) electrons. The summed E-state index contributed by atoms with van der Waals surface area (Å²) in [4.78, 5) is 6.98. The number of aromatic nitrogens is 2. The summed E-state index contributed by atoms with van der Waals surface area (Å²) in [5.74, 6) is 0.776. The molecule has 4 nitrogen and oxygen atoms in total. The summed E-state index contributed by atoms with van der Waals surface area (Å²) < 4.78 is 2.28. The number of fused-ring (bicyclic) bond motifs is 1. The fourth-order valence-corrected chi connectivity index (χ4v) is 2.99. The third-order valence-corrected chi connectivity index (χ3v) is 4.25. The third-order valence-electron chi connectivity index (χ3n) is 4.25. The first kappa shape index (κ1) is 12.5. The van der Waals surface area contributed by atoms with Gasteiger partial charge in [0.2, 0.25) is 0 Å². The van der Waals surface area contributed by atoms with E-state index in [0.717, 1.165) is 23.7 Å². The number of hydrogen-bond donors (Lipinski definition) is 1. The van der Waals surface area contributed by atoms with Gasteiger partial charge in [-0.2, -0.15) is 0 Å². The zero-order valence-corrected chi connectivity index (χ0v) is 11.5. The van der Waals surface area contributed by atoms with E-state index >= 15 is 0 Å². The SMILES string of the molecule is CCN1CCC(Cn2cnc3cc(N)ccc32)CC1. The van der Waals surface area contributed by atoms with E-state index in [9.17, 15) is 0 Å². The Balaban J connectivity index is 1.72. The second-order valence-electron chi connectivity index (χ2n) is 5.52. The molecule has 102 valence electrons. The molecule has 2 heterocycles. The molecule has 0 spiro atoms. The second kappa shape index (κ2) is 5.21. The van der Waals surface area contributed by atoms with Crippen LogP contribution in [0.2, 0.25) is 0 Å². The molecule has 19 heavy (non-hydrogen) atoms. The Morgan fingerprint density at radius 3 is 2.84 bits per heavy atom. The Morgan fingerprint density at radius 2 is 2.11 bits per heavy atom. The minimum atomic E-state index is 0.776. The fraction of sp³-hybridized carbons (Fsp3) is 0.533. The summed E-state index contributed by atoms with van der Waals surface area (Å²) in [5, 5.41) is 0. The highest BCUT2D eigenvalue weighted by atomic mass is 15.1. The van der Waals surface area contributed by atoms with E-state index in [1.165, 1.54) is 38.0 Å². The van der Waals surface area contributed by atoms with Crippen LogP contribution in [0.4, 0.5) is 5.69 Å². The van der Waals surface area contributed by atoms with Crippen molar-refractivity contribution in [2.24, 2.45) is 5.92 Å². The number of likely N-dealkylation sites (tertiary alicyclic amines) is 1. The standard InChI is InChI=1S/C15H22N4/c1-2-18-7-5-12(6-8-18)10-19-11-17-14-9-13(16)3-4-15(14)19/h3-4,9,11-12H,2,5-8,10,16H2,1H3. The molecule has 0 unspecified atom stereocenters. The number of nitrogen functional groups attached to an aromatic ring is 1. The molecule has 0 amide bonds. The van der Waals surface area contributed by atoms with Gasteiger partial charge in [-0.3, -0.25) is 0 Å². The first-order chi connectivity index (χ1) is 9.26. The zero-order chi connectivity index (χ0) is 13.2. The minimum absolute atomic E-state index is 0.776. The molecular weight excluding hydrogens is 236 g/mol. The van der Waals surface area contributed by atoms with Crippen molar-refractivity contribution in [3.8, 4) is 0 Å². The molecule has 1 aromatic carbocycles. The van der Waals surface area contributed by atoms with E-state index in [0.29, 0.717) is 0 Å². The topological polar surface area (TPSA) is 47.1 Å². The number of rotatable bonds is 3. The van der Waals surface area contributed by atoms with Crippen molar-refractivity contribution in [2.45, 2.75) is 26.3 Å². The lowest BCUT2D eigenvalue weighted by molar-refractivity contribution is 0.182. The second-order valence-corrected chi connectivity index (χ2v) is 5.52. The fourth-order valence-electron chi connectivity index (χ4n) is 2.99. The van der Waals surface area contributed by atoms with Crippen LogP contribution in [0.1, 0.15) is 19.8 Å². The number of nitrogens with zero attached hydrogens (tertiary/aromatic N) is 3. The van der Waals surface area contributed by atoms with E-state index in [1.807, 2.05) is 18.5 Å². The number of imidazole rings is 1. The Kier molecular flexibility index (Phi) is 3.42. The number of anilines is 1. The maximum absolute atomic E-state index is 5.79. The van der Waals surface area contributed by atoms with Gasteiger partial charge in [-0.25, -0.2) is 4.98 Å². The molecule has 1 fully saturated rings. The maximum Gasteiger partial charge on any atom is 0.0958 e. The van der Waals surface area contributed by atoms with Gasteiger partial charge in [-0.05, 0) is 56.6 Å². The van der Waals surface area contributed by atoms with Gasteiger partial charge in [0.25, 0.3) is 0 Å². The number of nitrogens with two attached hydrogens (primary N) is 1. The first-order valence-corrected chi connectivity index (χ1v) is 7.19. The van der Waals surface area contributed by atoms with Crippen molar-refractivity contribution in [2.75, 3.05) is 25.4 Å². The molecule has 1 aromatic heterocycles. The molecule has 0 aliphatic carbocycles. The van der Waals surface area contributed by atoms with E-state index in [-0.39, 0.29) is 0 Å². The summed E-state index contributed by atoms with van der Waals surface area (Å²) in [5.41, 5.74) is 8.79. The average Bonchev–Trinajstić information content (AvgIpc) is 2.82. The molecule has 1 saturated heterocycles. The molecule has 1 aliphatic heterocycles. The molecular formula is C15H22N4. The Bertz CT molecular complexity index is 552. The number of hydrogen-bond acceptors (Lipinski definition) is 3. The maximum atomic E-state index is 5.79. The summed E-state index contributed by atoms with van der Waals surface area (Å²) in [7, 11) is 0. The van der Waals surface area contributed by atoms with Gasteiger partial charge in [0, 0.05) is 12.2 Å². The summed E-state index contributed by atoms with van der Waals surface area (Å²) in [6.45, 7) is 6.98. The van der Waals surface area contributed by atoms with Gasteiger partial charge in [-0.15, -0.1) is 0 Å². The molecule has 4 heteroatoms. The van der Waals surface area contributed by atoms with Crippen LogP contribution in [0.5, 0.6) is 0 Å². The summed E-state index contributed by atoms with van der Waals surface area (Å²) in [6.07, 6.45) is 4.54. The molecule has 1 aliphatic rings. The van der Waals surface area contributed by atoms with E-state index in [1.54, 1.807) is 0 Å². The van der Waals surface area contributed by atoms with Crippen LogP contribution in [0, 0.1) is 5.92 Å². The zero-order valence-electron chi connectivity index (χ0n) is 11.5. The quantitative estimate of drug-likeness (QED) is 0.860. The predicted molar refractivity (Wildman–Crippen MR) is 79.0 cm³/mol. The smallest absolute Gasteiger partial charge is 0.0958 e. The first-order valence-electron chi connectivity index (χ1n) is 7.19. The molecule has 3 rings (SSSR count). The van der Waals surface area contributed by atoms with Gasteiger partial charge in [-0.1, -0.05) is 6.92 Å². The Labute approximate surface area is 114 Å². The van der Waals surface area contributed by atoms with Gasteiger partial charge in [0.15, 0.2) is 0 Å². The predicted octanol–water partition coefficient (Wildman–Crippen LogP) is 2.35. The lowest BCUT2D eigenvalue weighted by Crippen LogP contribution is -2.34. The normalized spacial score (nSPS) is 18.2. The van der Waals surface area contributed by atoms with E-state index in [4.69, 9.17) is 5.73 Å². The molecule has 0 saturated carbocycles. The Morgan fingerprint density at radius 1 is 1.32 bits per heavy atom. The number of benzene rings is 1. The summed E-state index contributed by atoms with van der Waals surface area (Å²) >= 11 is 0. The van der Waals surface area contributed by atoms with Crippen LogP contribution in [-0.4, -0.2) is 34.1 Å².